The number of methoxy groups -OCH3 is 1. The third-order valence-corrected chi connectivity index (χ3v) is 4.09. The summed E-state index contributed by atoms with van der Waals surface area (Å²) in [7, 11) is 1.64. The lowest BCUT2D eigenvalue weighted by molar-refractivity contribution is -0.0273. The number of hydrogen-bond acceptors (Lipinski definition) is 4. The van der Waals surface area contributed by atoms with Crippen molar-refractivity contribution in [1.29, 1.82) is 0 Å². The minimum atomic E-state index is -0.465. The normalized spacial score (nSPS) is 30.3. The van der Waals surface area contributed by atoms with Crippen molar-refractivity contribution >= 4 is 0 Å². The summed E-state index contributed by atoms with van der Waals surface area (Å²) < 4.78 is 17.0. The largest absolute Gasteiger partial charge is 0.497 e. The topological polar surface area (TPSA) is 47.9 Å². The summed E-state index contributed by atoms with van der Waals surface area (Å²) >= 11 is 0. The molecule has 0 aliphatic carbocycles. The van der Waals surface area contributed by atoms with Crippen molar-refractivity contribution in [2.45, 2.75) is 37.4 Å². The zero-order valence-corrected chi connectivity index (χ0v) is 11.2. The van der Waals surface area contributed by atoms with Gasteiger partial charge in [0.25, 0.3) is 0 Å². The van der Waals surface area contributed by atoms with E-state index in [2.05, 4.69) is 0 Å². The van der Waals surface area contributed by atoms with E-state index in [1.54, 1.807) is 7.11 Å². The van der Waals surface area contributed by atoms with E-state index in [0.29, 0.717) is 13.0 Å². The first kappa shape index (κ1) is 12.8. The van der Waals surface area contributed by atoms with E-state index in [1.165, 1.54) is 0 Å². The molecule has 1 saturated heterocycles. The van der Waals surface area contributed by atoms with Gasteiger partial charge in [0, 0.05) is 31.1 Å². The van der Waals surface area contributed by atoms with Crippen LogP contribution in [-0.2, 0) is 4.74 Å². The quantitative estimate of drug-likeness (QED) is 0.846. The summed E-state index contributed by atoms with van der Waals surface area (Å²) in [5, 5.41) is 10.4. The fraction of sp³-hybridized carbons (Fsp3) is 0.600. The molecule has 0 saturated carbocycles. The molecule has 0 bridgehead atoms. The van der Waals surface area contributed by atoms with Crippen molar-refractivity contribution in [3.8, 4) is 11.5 Å². The lowest BCUT2D eigenvalue weighted by atomic mass is 9.83. The smallest absolute Gasteiger partial charge is 0.129 e. The van der Waals surface area contributed by atoms with Crippen LogP contribution in [-0.4, -0.2) is 31.0 Å². The van der Waals surface area contributed by atoms with E-state index in [-0.39, 0.29) is 5.60 Å². The number of ether oxygens (including phenoxy) is 3. The lowest BCUT2D eigenvalue weighted by Crippen LogP contribution is -2.41. The van der Waals surface area contributed by atoms with Gasteiger partial charge >= 0.3 is 0 Å². The highest BCUT2D eigenvalue weighted by Crippen LogP contribution is 2.45. The molecule has 2 unspecified atom stereocenters. The molecule has 19 heavy (non-hydrogen) atoms. The molecule has 1 spiro atoms. The maximum Gasteiger partial charge on any atom is 0.129 e. The molecular weight excluding hydrogens is 244 g/mol. The molecule has 0 amide bonds. The number of fused-ring (bicyclic) bond motifs is 1. The average Bonchev–Trinajstić information content (AvgIpc) is 2.63. The van der Waals surface area contributed by atoms with Crippen LogP contribution in [0.4, 0.5) is 0 Å². The molecule has 104 valence electrons. The SMILES string of the molecule is COc1ccc2c(c1)OC1(CCCOCC1)CC2O. The van der Waals surface area contributed by atoms with Crippen LogP contribution in [0.2, 0.25) is 0 Å². The molecule has 1 aromatic rings. The van der Waals surface area contributed by atoms with Gasteiger partial charge < -0.3 is 19.3 Å². The van der Waals surface area contributed by atoms with Crippen molar-refractivity contribution in [1.82, 2.24) is 0 Å². The highest BCUT2D eigenvalue weighted by Gasteiger charge is 2.40. The molecule has 2 heterocycles. The Bertz CT molecular complexity index is 449. The van der Waals surface area contributed by atoms with Crippen LogP contribution in [0.15, 0.2) is 18.2 Å². The van der Waals surface area contributed by atoms with E-state index >= 15 is 0 Å². The number of hydrogen-bond donors (Lipinski definition) is 1. The first-order valence-electron chi connectivity index (χ1n) is 6.85. The fourth-order valence-corrected chi connectivity index (χ4v) is 3.03. The minimum Gasteiger partial charge on any atom is -0.497 e. The van der Waals surface area contributed by atoms with E-state index in [0.717, 1.165) is 42.9 Å². The van der Waals surface area contributed by atoms with Crippen molar-refractivity contribution in [2.24, 2.45) is 0 Å². The lowest BCUT2D eigenvalue weighted by Gasteiger charge is -2.40. The zero-order valence-electron chi connectivity index (χ0n) is 11.2. The van der Waals surface area contributed by atoms with Gasteiger partial charge in [-0.3, -0.25) is 0 Å². The predicted octanol–water partition coefficient (Wildman–Crippen LogP) is 2.45. The maximum absolute atomic E-state index is 10.4. The van der Waals surface area contributed by atoms with Gasteiger partial charge in [-0.2, -0.15) is 0 Å². The number of rotatable bonds is 1. The average molecular weight is 264 g/mol. The van der Waals surface area contributed by atoms with Gasteiger partial charge in [0.15, 0.2) is 0 Å². The van der Waals surface area contributed by atoms with Crippen LogP contribution in [0, 0.1) is 0 Å². The van der Waals surface area contributed by atoms with E-state index in [9.17, 15) is 5.11 Å². The zero-order chi connectivity index (χ0) is 13.3. The molecule has 2 aliphatic rings. The van der Waals surface area contributed by atoms with Crippen molar-refractivity contribution in [2.75, 3.05) is 20.3 Å². The monoisotopic (exact) mass is 264 g/mol. The molecule has 4 nitrogen and oxygen atoms in total. The standard InChI is InChI=1S/C15H20O4/c1-17-11-3-4-12-13(16)10-15(19-14(12)9-11)5-2-7-18-8-6-15/h3-4,9,13,16H,2,5-8,10H2,1H3. The van der Waals surface area contributed by atoms with Crippen LogP contribution >= 0.6 is 0 Å². The summed E-state index contributed by atoms with van der Waals surface area (Å²) in [6.45, 7) is 1.48. The molecule has 1 fully saturated rings. The summed E-state index contributed by atoms with van der Waals surface area (Å²) in [5.41, 5.74) is 0.575. The first-order valence-corrected chi connectivity index (χ1v) is 6.85. The summed E-state index contributed by atoms with van der Waals surface area (Å²) in [6.07, 6.45) is 2.93. The Morgan fingerprint density at radius 2 is 2.21 bits per heavy atom. The highest BCUT2D eigenvalue weighted by atomic mass is 16.5. The third-order valence-electron chi connectivity index (χ3n) is 4.09. The van der Waals surface area contributed by atoms with Gasteiger partial charge in [0.05, 0.1) is 19.8 Å². The van der Waals surface area contributed by atoms with Crippen molar-refractivity contribution < 1.29 is 19.3 Å². The van der Waals surface area contributed by atoms with Crippen molar-refractivity contribution in [3.05, 3.63) is 23.8 Å². The van der Waals surface area contributed by atoms with Gasteiger partial charge in [0.1, 0.15) is 17.1 Å². The molecule has 0 radical (unpaired) electrons. The van der Waals surface area contributed by atoms with Crippen LogP contribution < -0.4 is 9.47 Å². The molecule has 1 aromatic carbocycles. The highest BCUT2D eigenvalue weighted by molar-refractivity contribution is 5.44. The van der Waals surface area contributed by atoms with Crippen LogP contribution in [0.3, 0.4) is 0 Å². The molecule has 3 rings (SSSR count). The second-order valence-electron chi connectivity index (χ2n) is 5.37. The predicted molar refractivity (Wildman–Crippen MR) is 70.6 cm³/mol. The Kier molecular flexibility index (Phi) is 3.37. The van der Waals surface area contributed by atoms with Gasteiger partial charge in [-0.25, -0.2) is 0 Å². The molecule has 0 aromatic heterocycles. The van der Waals surface area contributed by atoms with Crippen LogP contribution in [0.5, 0.6) is 11.5 Å². The Morgan fingerprint density at radius 1 is 1.32 bits per heavy atom. The second kappa shape index (κ2) is 5.02. The summed E-state index contributed by atoms with van der Waals surface area (Å²) in [6, 6.07) is 5.61. The summed E-state index contributed by atoms with van der Waals surface area (Å²) in [5.74, 6) is 1.51. The Balaban J connectivity index is 1.92. The van der Waals surface area contributed by atoms with Crippen molar-refractivity contribution in [3.63, 3.8) is 0 Å². The van der Waals surface area contributed by atoms with E-state index < -0.39 is 6.10 Å². The van der Waals surface area contributed by atoms with E-state index in [4.69, 9.17) is 14.2 Å². The maximum atomic E-state index is 10.4. The van der Waals surface area contributed by atoms with Crippen LogP contribution in [0.25, 0.3) is 0 Å². The fourth-order valence-electron chi connectivity index (χ4n) is 3.03. The Labute approximate surface area is 113 Å². The van der Waals surface area contributed by atoms with Gasteiger partial charge in [-0.15, -0.1) is 0 Å². The molecule has 2 aliphatic heterocycles. The summed E-state index contributed by atoms with van der Waals surface area (Å²) in [4.78, 5) is 0. The van der Waals surface area contributed by atoms with E-state index in [1.807, 2.05) is 18.2 Å². The third kappa shape index (κ3) is 2.42. The second-order valence-corrected chi connectivity index (χ2v) is 5.37. The Hall–Kier alpha value is -1.26. The number of aliphatic hydroxyl groups excluding tert-OH is 1. The number of benzene rings is 1. The van der Waals surface area contributed by atoms with Gasteiger partial charge in [0.2, 0.25) is 0 Å². The van der Waals surface area contributed by atoms with Crippen LogP contribution in [0.1, 0.15) is 37.4 Å². The Morgan fingerprint density at radius 3 is 3.05 bits per heavy atom. The molecular formula is C15H20O4. The first-order chi connectivity index (χ1) is 9.22. The number of aliphatic hydroxyl groups is 1. The van der Waals surface area contributed by atoms with Gasteiger partial charge in [-0.05, 0) is 25.0 Å². The minimum absolute atomic E-state index is 0.282. The molecule has 4 heteroatoms. The molecule has 2 atom stereocenters. The van der Waals surface area contributed by atoms with Gasteiger partial charge in [-0.1, -0.05) is 0 Å². The molecule has 1 N–H and O–H groups in total.